The molecule has 3 rings (SSSR count). The summed E-state index contributed by atoms with van der Waals surface area (Å²) in [5, 5.41) is 0.973. The van der Waals surface area contributed by atoms with Crippen LogP contribution in [-0.2, 0) is 17.6 Å². The molecular formula is C17H19NO4. The van der Waals surface area contributed by atoms with Gasteiger partial charge < -0.3 is 14.9 Å². The van der Waals surface area contributed by atoms with E-state index in [9.17, 15) is 9.59 Å². The highest BCUT2D eigenvalue weighted by atomic mass is 16.5. The molecule has 0 radical (unpaired) electrons. The van der Waals surface area contributed by atoms with Crippen LogP contribution in [0, 0.1) is 6.92 Å². The van der Waals surface area contributed by atoms with Gasteiger partial charge in [0, 0.05) is 16.5 Å². The molecule has 2 N–H and O–H groups in total. The number of hydrogen-bond donors (Lipinski definition) is 1. The fourth-order valence-corrected chi connectivity index (χ4v) is 3.11. The molecule has 1 aliphatic rings. The SMILES string of the molecule is Cc1c(OCC(N)=O)ccc2c3c(c(=O)oc12)CCCCC3. The summed E-state index contributed by atoms with van der Waals surface area (Å²) in [6.07, 6.45) is 4.94. The van der Waals surface area contributed by atoms with Crippen LogP contribution in [0.5, 0.6) is 5.75 Å². The van der Waals surface area contributed by atoms with Crippen molar-refractivity contribution < 1.29 is 13.9 Å². The maximum atomic E-state index is 12.3. The van der Waals surface area contributed by atoms with Gasteiger partial charge in [0.1, 0.15) is 11.3 Å². The predicted molar refractivity (Wildman–Crippen MR) is 83.2 cm³/mol. The molecule has 5 heteroatoms. The van der Waals surface area contributed by atoms with Gasteiger partial charge in [-0.1, -0.05) is 6.42 Å². The first-order valence-corrected chi connectivity index (χ1v) is 7.57. The number of nitrogens with two attached hydrogens (primary N) is 1. The lowest BCUT2D eigenvalue weighted by Gasteiger charge is -2.13. The highest BCUT2D eigenvalue weighted by molar-refractivity contribution is 5.86. The van der Waals surface area contributed by atoms with Crippen molar-refractivity contribution in [2.75, 3.05) is 6.61 Å². The molecule has 0 saturated heterocycles. The van der Waals surface area contributed by atoms with Crippen LogP contribution in [0.25, 0.3) is 11.0 Å². The number of carbonyl (C=O) groups is 1. The van der Waals surface area contributed by atoms with Crippen LogP contribution < -0.4 is 16.1 Å². The van der Waals surface area contributed by atoms with Gasteiger partial charge in [0.05, 0.1) is 0 Å². The summed E-state index contributed by atoms with van der Waals surface area (Å²) in [4.78, 5) is 23.1. The molecule has 1 aromatic carbocycles. The van der Waals surface area contributed by atoms with E-state index in [0.29, 0.717) is 11.3 Å². The van der Waals surface area contributed by atoms with Crippen molar-refractivity contribution in [3.05, 3.63) is 39.2 Å². The first-order valence-electron chi connectivity index (χ1n) is 7.57. The molecule has 1 heterocycles. The Labute approximate surface area is 128 Å². The molecule has 116 valence electrons. The Balaban J connectivity index is 2.15. The van der Waals surface area contributed by atoms with Gasteiger partial charge in [-0.05, 0) is 50.3 Å². The Hall–Kier alpha value is -2.30. The number of aryl methyl sites for hydroxylation is 2. The van der Waals surface area contributed by atoms with E-state index in [2.05, 4.69) is 0 Å². The van der Waals surface area contributed by atoms with Gasteiger partial charge in [-0.2, -0.15) is 0 Å². The highest BCUT2D eigenvalue weighted by Gasteiger charge is 2.19. The third kappa shape index (κ3) is 2.58. The van der Waals surface area contributed by atoms with E-state index in [4.69, 9.17) is 14.9 Å². The Morgan fingerprint density at radius 2 is 1.95 bits per heavy atom. The molecule has 1 aromatic heterocycles. The minimum atomic E-state index is -0.539. The molecule has 0 bridgehead atoms. The van der Waals surface area contributed by atoms with Crippen molar-refractivity contribution in [2.45, 2.75) is 39.0 Å². The summed E-state index contributed by atoms with van der Waals surface area (Å²) < 4.78 is 10.9. The summed E-state index contributed by atoms with van der Waals surface area (Å²) in [6, 6.07) is 3.72. The molecule has 1 amide bonds. The van der Waals surface area contributed by atoms with E-state index in [0.717, 1.165) is 54.2 Å². The lowest BCUT2D eigenvalue weighted by molar-refractivity contribution is -0.119. The second kappa shape index (κ2) is 5.83. The quantitative estimate of drug-likeness (QED) is 0.696. The minimum Gasteiger partial charge on any atom is -0.483 e. The van der Waals surface area contributed by atoms with Crippen LogP contribution in [-0.4, -0.2) is 12.5 Å². The maximum absolute atomic E-state index is 12.3. The summed E-state index contributed by atoms with van der Waals surface area (Å²) in [5.41, 5.74) is 8.04. The Bertz CT molecular complexity index is 791. The van der Waals surface area contributed by atoms with Gasteiger partial charge in [0.2, 0.25) is 0 Å². The lowest BCUT2D eigenvalue weighted by Crippen LogP contribution is -2.20. The maximum Gasteiger partial charge on any atom is 0.339 e. The van der Waals surface area contributed by atoms with E-state index < -0.39 is 5.91 Å². The van der Waals surface area contributed by atoms with Gasteiger partial charge in [-0.15, -0.1) is 0 Å². The standard InChI is InChI=1S/C17H19NO4/c1-10-14(21-9-15(18)19)8-7-12-11-5-3-2-4-6-13(11)17(20)22-16(10)12/h7-8H,2-6,9H2,1H3,(H2,18,19). The molecule has 0 spiro atoms. The fourth-order valence-electron chi connectivity index (χ4n) is 3.11. The second-order valence-electron chi connectivity index (χ2n) is 5.73. The Kier molecular flexibility index (Phi) is 3.88. The van der Waals surface area contributed by atoms with E-state index in [1.54, 1.807) is 0 Å². The predicted octanol–water partition coefficient (Wildman–Crippen LogP) is 2.23. The van der Waals surface area contributed by atoms with Gasteiger partial charge in [0.25, 0.3) is 5.91 Å². The van der Waals surface area contributed by atoms with E-state index >= 15 is 0 Å². The third-order valence-electron chi connectivity index (χ3n) is 4.21. The normalized spacial score (nSPS) is 14.4. The summed E-state index contributed by atoms with van der Waals surface area (Å²) in [5.74, 6) is -0.0223. The van der Waals surface area contributed by atoms with Crippen LogP contribution >= 0.6 is 0 Å². The van der Waals surface area contributed by atoms with Crippen molar-refractivity contribution in [3.8, 4) is 5.75 Å². The Morgan fingerprint density at radius 3 is 2.68 bits per heavy atom. The zero-order valence-corrected chi connectivity index (χ0v) is 12.6. The number of rotatable bonds is 3. The minimum absolute atomic E-state index is 0.193. The fraction of sp³-hybridized carbons (Fsp3) is 0.412. The highest BCUT2D eigenvalue weighted by Crippen LogP contribution is 2.32. The van der Waals surface area contributed by atoms with E-state index in [-0.39, 0.29) is 12.2 Å². The average Bonchev–Trinajstić information content (AvgIpc) is 2.74. The van der Waals surface area contributed by atoms with Crippen molar-refractivity contribution in [1.82, 2.24) is 0 Å². The topological polar surface area (TPSA) is 82.5 Å². The molecule has 0 fully saturated rings. The monoisotopic (exact) mass is 301 g/mol. The lowest BCUT2D eigenvalue weighted by atomic mass is 9.99. The molecular weight excluding hydrogens is 282 g/mol. The summed E-state index contributed by atoms with van der Waals surface area (Å²) in [7, 11) is 0. The third-order valence-corrected chi connectivity index (χ3v) is 4.21. The number of carbonyl (C=O) groups excluding carboxylic acids is 1. The van der Waals surface area contributed by atoms with Gasteiger partial charge in [0.15, 0.2) is 6.61 Å². The number of ether oxygens (including phenoxy) is 1. The molecule has 0 aliphatic heterocycles. The second-order valence-corrected chi connectivity index (χ2v) is 5.73. The van der Waals surface area contributed by atoms with Gasteiger partial charge in [-0.25, -0.2) is 4.79 Å². The van der Waals surface area contributed by atoms with Crippen LogP contribution in [0.2, 0.25) is 0 Å². The molecule has 22 heavy (non-hydrogen) atoms. The van der Waals surface area contributed by atoms with Gasteiger partial charge >= 0.3 is 5.63 Å². The summed E-state index contributed by atoms with van der Waals surface area (Å²) in [6.45, 7) is 1.63. The van der Waals surface area contributed by atoms with Crippen LogP contribution in [0.3, 0.4) is 0 Å². The van der Waals surface area contributed by atoms with E-state index in [1.807, 2.05) is 19.1 Å². The first-order chi connectivity index (χ1) is 10.6. The number of benzene rings is 1. The van der Waals surface area contributed by atoms with Crippen molar-refractivity contribution >= 4 is 16.9 Å². The molecule has 0 atom stereocenters. The van der Waals surface area contributed by atoms with Gasteiger partial charge in [-0.3, -0.25) is 4.79 Å². The van der Waals surface area contributed by atoms with E-state index in [1.165, 1.54) is 0 Å². The molecule has 5 nitrogen and oxygen atoms in total. The average molecular weight is 301 g/mol. The Morgan fingerprint density at radius 1 is 1.23 bits per heavy atom. The number of amides is 1. The van der Waals surface area contributed by atoms with Crippen LogP contribution in [0.4, 0.5) is 0 Å². The van der Waals surface area contributed by atoms with Crippen LogP contribution in [0.15, 0.2) is 21.3 Å². The molecule has 0 saturated carbocycles. The van der Waals surface area contributed by atoms with Crippen molar-refractivity contribution in [3.63, 3.8) is 0 Å². The largest absolute Gasteiger partial charge is 0.483 e. The smallest absolute Gasteiger partial charge is 0.339 e. The first kappa shape index (κ1) is 14.6. The molecule has 2 aromatic rings. The van der Waals surface area contributed by atoms with Crippen molar-refractivity contribution in [2.24, 2.45) is 5.73 Å². The zero-order valence-electron chi connectivity index (χ0n) is 12.6. The molecule has 1 aliphatic carbocycles. The number of hydrogen-bond acceptors (Lipinski definition) is 4. The summed E-state index contributed by atoms with van der Waals surface area (Å²) >= 11 is 0. The van der Waals surface area contributed by atoms with Crippen LogP contribution in [0.1, 0.15) is 36.0 Å². The zero-order chi connectivity index (χ0) is 15.7. The number of primary amides is 1. The molecule has 0 unspecified atom stereocenters. The van der Waals surface area contributed by atoms with Crippen molar-refractivity contribution in [1.29, 1.82) is 0 Å². The number of fused-ring (bicyclic) bond motifs is 3.